The van der Waals surface area contributed by atoms with Gasteiger partial charge in [-0.2, -0.15) is 4.98 Å². The van der Waals surface area contributed by atoms with E-state index >= 15 is 0 Å². The number of carbonyl (C=O) groups excluding carboxylic acids is 2. The minimum absolute atomic E-state index is 0.148. The molecule has 164 valence electrons. The summed E-state index contributed by atoms with van der Waals surface area (Å²) in [4.78, 5) is 37.1. The monoisotopic (exact) mass is 445 g/mol. The number of aliphatic hydroxyl groups excluding tert-OH is 1. The zero-order valence-electron chi connectivity index (χ0n) is 17.1. The first-order valence-corrected chi connectivity index (χ1v) is 10.5. The minimum Gasteiger partial charge on any atom is -0.468 e. The van der Waals surface area contributed by atoms with Crippen LogP contribution in [0.4, 0.5) is 22.2 Å². The number of halogens is 1. The summed E-state index contributed by atoms with van der Waals surface area (Å²) in [7, 11) is 1.27. The van der Waals surface area contributed by atoms with Gasteiger partial charge in [0.2, 0.25) is 5.95 Å². The van der Waals surface area contributed by atoms with E-state index < -0.39 is 12.0 Å². The smallest absolute Gasteiger partial charge is 0.331 e. The Hall–Kier alpha value is -2.91. The summed E-state index contributed by atoms with van der Waals surface area (Å²) < 4.78 is 4.78. The normalized spacial score (nSPS) is 20.9. The molecule has 0 spiro atoms. The van der Waals surface area contributed by atoms with Crippen LogP contribution in [-0.2, 0) is 16.1 Å². The summed E-state index contributed by atoms with van der Waals surface area (Å²) in [5.74, 6) is 0.191. The van der Waals surface area contributed by atoms with Gasteiger partial charge in [0.25, 0.3) is 0 Å². The Morgan fingerprint density at radius 2 is 2.03 bits per heavy atom. The molecule has 2 aromatic rings. The fourth-order valence-electron chi connectivity index (χ4n) is 3.88. The van der Waals surface area contributed by atoms with Crippen LogP contribution in [-0.4, -0.2) is 52.9 Å². The van der Waals surface area contributed by atoms with Crippen LogP contribution in [0.5, 0.6) is 0 Å². The van der Waals surface area contributed by atoms with Gasteiger partial charge >= 0.3 is 12.0 Å². The Labute approximate surface area is 185 Å². The Morgan fingerprint density at radius 3 is 2.74 bits per heavy atom. The van der Waals surface area contributed by atoms with Crippen LogP contribution >= 0.6 is 11.6 Å². The zero-order chi connectivity index (χ0) is 22.0. The number of esters is 1. The molecule has 10 heteroatoms. The second-order valence-electron chi connectivity index (χ2n) is 7.67. The first-order chi connectivity index (χ1) is 15.0. The van der Waals surface area contributed by atoms with Crippen LogP contribution < -0.4 is 15.1 Å². The van der Waals surface area contributed by atoms with E-state index in [0.29, 0.717) is 28.0 Å². The molecule has 1 aromatic carbocycles. The van der Waals surface area contributed by atoms with Gasteiger partial charge in [-0.25, -0.2) is 9.78 Å². The second kappa shape index (κ2) is 9.07. The average Bonchev–Trinajstić information content (AvgIpc) is 2.77. The Morgan fingerprint density at radius 1 is 1.29 bits per heavy atom. The quantitative estimate of drug-likeness (QED) is 0.681. The number of rotatable bonds is 5. The highest BCUT2D eigenvalue weighted by Crippen LogP contribution is 2.34. The number of hydrogen-bond acceptors (Lipinski definition) is 7. The fourth-order valence-corrected chi connectivity index (χ4v) is 4.12. The van der Waals surface area contributed by atoms with Gasteiger partial charge in [0.15, 0.2) is 0 Å². The van der Waals surface area contributed by atoms with Crippen LogP contribution in [0.2, 0.25) is 5.02 Å². The SMILES string of the molecule is COC(=O)CN1C(=O)N(c2ccccc2Cl)Cc2cnc(NC3CCC(O)CC3)nc21. The van der Waals surface area contributed by atoms with E-state index in [1.165, 1.54) is 16.9 Å². The van der Waals surface area contributed by atoms with Gasteiger partial charge in [0.05, 0.1) is 30.5 Å². The average molecular weight is 446 g/mol. The number of urea groups is 1. The molecule has 31 heavy (non-hydrogen) atoms. The van der Waals surface area contributed by atoms with E-state index in [4.69, 9.17) is 16.3 Å². The molecule has 4 rings (SSSR count). The number of hydrogen-bond donors (Lipinski definition) is 2. The van der Waals surface area contributed by atoms with Crippen molar-refractivity contribution in [2.75, 3.05) is 28.8 Å². The number of nitrogens with one attached hydrogen (secondary N) is 1. The maximum atomic E-state index is 13.3. The lowest BCUT2D eigenvalue weighted by Gasteiger charge is -2.36. The topological polar surface area (TPSA) is 108 Å². The summed E-state index contributed by atoms with van der Waals surface area (Å²) in [6, 6.07) is 6.75. The number of ether oxygens (including phenoxy) is 1. The number of benzene rings is 1. The van der Waals surface area contributed by atoms with Gasteiger partial charge in [-0.05, 0) is 37.8 Å². The summed E-state index contributed by atoms with van der Waals surface area (Å²) in [6.07, 6.45) is 4.47. The van der Waals surface area contributed by atoms with Gasteiger partial charge in [0, 0.05) is 17.8 Å². The number of aromatic nitrogens is 2. The molecule has 0 saturated heterocycles. The molecule has 2 N–H and O–H groups in total. The molecule has 9 nitrogen and oxygen atoms in total. The molecule has 2 aliphatic rings. The van der Waals surface area contributed by atoms with Crippen molar-refractivity contribution < 1.29 is 19.4 Å². The molecule has 2 amide bonds. The summed E-state index contributed by atoms with van der Waals surface area (Å²) in [6.45, 7) is -0.0547. The maximum Gasteiger partial charge on any atom is 0.331 e. The third kappa shape index (κ3) is 4.57. The maximum absolute atomic E-state index is 13.3. The number of amides is 2. The van der Waals surface area contributed by atoms with Crippen molar-refractivity contribution in [3.05, 3.63) is 41.0 Å². The Balaban J connectivity index is 1.64. The number of anilines is 3. The fraction of sp³-hybridized carbons (Fsp3) is 0.429. The largest absolute Gasteiger partial charge is 0.468 e. The van der Waals surface area contributed by atoms with Crippen molar-refractivity contribution in [3.8, 4) is 0 Å². The van der Waals surface area contributed by atoms with E-state index in [1.54, 1.807) is 30.5 Å². The molecule has 2 heterocycles. The highest BCUT2D eigenvalue weighted by atomic mass is 35.5. The summed E-state index contributed by atoms with van der Waals surface area (Å²) in [5.41, 5.74) is 1.23. The Kier molecular flexibility index (Phi) is 6.24. The first-order valence-electron chi connectivity index (χ1n) is 10.2. The van der Waals surface area contributed by atoms with Gasteiger partial charge < -0.3 is 15.2 Å². The highest BCUT2D eigenvalue weighted by Gasteiger charge is 2.35. The van der Waals surface area contributed by atoms with E-state index in [-0.39, 0.29) is 25.2 Å². The predicted octanol–water partition coefficient (Wildman–Crippen LogP) is 2.97. The van der Waals surface area contributed by atoms with E-state index in [9.17, 15) is 14.7 Å². The van der Waals surface area contributed by atoms with Crippen molar-refractivity contribution in [2.45, 2.75) is 44.4 Å². The molecule has 0 atom stereocenters. The lowest BCUT2D eigenvalue weighted by atomic mass is 9.93. The van der Waals surface area contributed by atoms with Gasteiger partial charge in [0.1, 0.15) is 12.4 Å². The molecule has 0 radical (unpaired) electrons. The van der Waals surface area contributed by atoms with Crippen LogP contribution in [0, 0.1) is 0 Å². The first kappa shape index (κ1) is 21.3. The Bertz CT molecular complexity index is 980. The van der Waals surface area contributed by atoms with Crippen molar-refractivity contribution in [2.24, 2.45) is 0 Å². The number of carbonyl (C=O) groups is 2. The third-order valence-electron chi connectivity index (χ3n) is 5.58. The highest BCUT2D eigenvalue weighted by molar-refractivity contribution is 6.34. The molecule has 1 saturated carbocycles. The van der Waals surface area contributed by atoms with Gasteiger partial charge in [-0.3, -0.25) is 14.6 Å². The third-order valence-corrected chi connectivity index (χ3v) is 5.90. The lowest BCUT2D eigenvalue weighted by molar-refractivity contribution is -0.138. The van der Waals surface area contributed by atoms with Crippen LogP contribution in [0.15, 0.2) is 30.5 Å². The molecular formula is C21H24ClN5O4. The molecular weight excluding hydrogens is 422 g/mol. The zero-order valence-corrected chi connectivity index (χ0v) is 17.9. The van der Waals surface area contributed by atoms with E-state index in [2.05, 4.69) is 15.3 Å². The van der Waals surface area contributed by atoms with E-state index in [1.807, 2.05) is 0 Å². The molecule has 1 aliphatic heterocycles. The summed E-state index contributed by atoms with van der Waals surface area (Å²) >= 11 is 6.31. The predicted molar refractivity (Wildman–Crippen MR) is 116 cm³/mol. The van der Waals surface area contributed by atoms with Crippen molar-refractivity contribution >= 4 is 41.1 Å². The number of methoxy groups -OCH3 is 1. The molecule has 1 aliphatic carbocycles. The van der Waals surface area contributed by atoms with Crippen LogP contribution in [0.1, 0.15) is 31.2 Å². The van der Waals surface area contributed by atoms with Crippen LogP contribution in [0.25, 0.3) is 0 Å². The number of nitrogens with zero attached hydrogens (tertiary/aromatic N) is 4. The van der Waals surface area contributed by atoms with Crippen molar-refractivity contribution in [1.82, 2.24) is 9.97 Å². The van der Waals surface area contributed by atoms with Crippen molar-refractivity contribution in [1.29, 1.82) is 0 Å². The second-order valence-corrected chi connectivity index (χ2v) is 8.08. The van der Waals surface area contributed by atoms with E-state index in [0.717, 1.165) is 25.7 Å². The van der Waals surface area contributed by atoms with Gasteiger partial charge in [-0.15, -0.1) is 0 Å². The minimum atomic E-state index is -0.560. The van der Waals surface area contributed by atoms with Gasteiger partial charge in [-0.1, -0.05) is 23.7 Å². The number of fused-ring (bicyclic) bond motifs is 1. The molecule has 0 bridgehead atoms. The number of para-hydroxylation sites is 1. The van der Waals surface area contributed by atoms with Crippen LogP contribution in [0.3, 0.4) is 0 Å². The molecule has 0 unspecified atom stereocenters. The standard InChI is InChI=1S/C21H24ClN5O4/c1-31-18(29)12-27-19-13(11-26(21(27)30)17-5-3-2-4-16(17)22)10-23-20(25-19)24-14-6-8-15(28)9-7-14/h2-5,10,14-15,28H,6-9,11-12H2,1H3,(H,23,24,25). The lowest BCUT2D eigenvalue weighted by Crippen LogP contribution is -2.50. The molecule has 1 fully saturated rings. The van der Waals surface area contributed by atoms with Crippen molar-refractivity contribution in [3.63, 3.8) is 0 Å². The summed E-state index contributed by atoms with van der Waals surface area (Å²) in [5, 5.41) is 13.4. The molecule has 1 aromatic heterocycles. The number of aliphatic hydroxyl groups is 1.